The van der Waals surface area contributed by atoms with Gasteiger partial charge in [-0.2, -0.15) is 5.10 Å². The molecule has 1 heterocycles. The van der Waals surface area contributed by atoms with Gasteiger partial charge in [-0.25, -0.2) is 4.79 Å². The Kier molecular flexibility index (Phi) is 3.47. The Bertz CT molecular complexity index is 311. The molecule has 0 radical (unpaired) electrons. The average molecular weight is 199 g/mol. The highest BCUT2D eigenvalue weighted by molar-refractivity contribution is 5.74. The van der Waals surface area contributed by atoms with Gasteiger partial charge in [0.25, 0.3) is 0 Å². The highest BCUT2D eigenvalue weighted by atomic mass is 16.5. The molecule has 0 aliphatic heterocycles. The number of nitrogens with zero attached hydrogens (tertiary/aromatic N) is 2. The first-order valence-corrected chi connectivity index (χ1v) is 4.26. The van der Waals surface area contributed by atoms with Crippen molar-refractivity contribution in [1.29, 1.82) is 0 Å². The monoisotopic (exact) mass is 199 g/mol. The molecule has 1 atom stereocenters. The van der Waals surface area contributed by atoms with Crippen LogP contribution in [0.5, 0.6) is 0 Å². The molecule has 6 nitrogen and oxygen atoms in total. The van der Waals surface area contributed by atoms with Crippen LogP contribution in [0.1, 0.15) is 6.92 Å². The smallest absolute Gasteiger partial charge is 0.336 e. The van der Waals surface area contributed by atoms with Crippen molar-refractivity contribution >= 4 is 11.7 Å². The SMILES string of the molecule is CCOC(=O)C(O)Cn1cc(N)cn1. The van der Waals surface area contributed by atoms with Gasteiger partial charge in [0.05, 0.1) is 25.0 Å². The molecule has 0 spiro atoms. The lowest BCUT2D eigenvalue weighted by Crippen LogP contribution is -2.28. The van der Waals surface area contributed by atoms with Crippen molar-refractivity contribution in [1.82, 2.24) is 9.78 Å². The van der Waals surface area contributed by atoms with Crippen molar-refractivity contribution in [2.75, 3.05) is 12.3 Å². The molecule has 0 bridgehead atoms. The van der Waals surface area contributed by atoms with E-state index in [1.165, 1.54) is 17.1 Å². The van der Waals surface area contributed by atoms with Crippen molar-refractivity contribution in [3.05, 3.63) is 12.4 Å². The number of nitrogen functional groups attached to an aromatic ring is 1. The summed E-state index contributed by atoms with van der Waals surface area (Å²) in [4.78, 5) is 11.0. The molecule has 6 heteroatoms. The van der Waals surface area contributed by atoms with E-state index in [9.17, 15) is 9.90 Å². The largest absolute Gasteiger partial charge is 0.464 e. The van der Waals surface area contributed by atoms with E-state index in [1.807, 2.05) is 0 Å². The van der Waals surface area contributed by atoms with E-state index in [0.29, 0.717) is 5.69 Å². The van der Waals surface area contributed by atoms with Crippen LogP contribution >= 0.6 is 0 Å². The van der Waals surface area contributed by atoms with Gasteiger partial charge in [-0.1, -0.05) is 0 Å². The molecule has 0 aromatic carbocycles. The van der Waals surface area contributed by atoms with Crippen molar-refractivity contribution in [2.24, 2.45) is 0 Å². The van der Waals surface area contributed by atoms with Gasteiger partial charge in [-0.3, -0.25) is 4.68 Å². The number of anilines is 1. The number of rotatable bonds is 4. The number of carbonyl (C=O) groups is 1. The summed E-state index contributed by atoms with van der Waals surface area (Å²) in [5.41, 5.74) is 5.90. The average Bonchev–Trinajstić information content (AvgIpc) is 2.51. The first-order chi connectivity index (χ1) is 6.63. The lowest BCUT2D eigenvalue weighted by Gasteiger charge is -2.08. The van der Waals surface area contributed by atoms with Gasteiger partial charge in [0, 0.05) is 6.20 Å². The van der Waals surface area contributed by atoms with Gasteiger partial charge in [-0.15, -0.1) is 0 Å². The van der Waals surface area contributed by atoms with Crippen LogP contribution < -0.4 is 5.73 Å². The first kappa shape index (κ1) is 10.5. The number of ether oxygens (including phenoxy) is 1. The number of aliphatic hydroxyl groups excluding tert-OH is 1. The summed E-state index contributed by atoms with van der Waals surface area (Å²) in [6.07, 6.45) is 1.77. The summed E-state index contributed by atoms with van der Waals surface area (Å²) in [5.74, 6) is -0.651. The molecule has 1 aromatic rings. The number of nitrogens with two attached hydrogens (primary N) is 1. The molecule has 78 valence electrons. The molecule has 0 aliphatic carbocycles. The summed E-state index contributed by atoms with van der Waals surface area (Å²) >= 11 is 0. The molecule has 0 saturated heterocycles. The molecule has 0 fully saturated rings. The van der Waals surface area contributed by atoms with Crippen LogP contribution in [0.2, 0.25) is 0 Å². The number of hydrogen-bond donors (Lipinski definition) is 2. The van der Waals surface area contributed by atoms with Gasteiger partial charge >= 0.3 is 5.97 Å². The van der Waals surface area contributed by atoms with Crippen LogP contribution in [0.25, 0.3) is 0 Å². The fourth-order valence-corrected chi connectivity index (χ4v) is 0.970. The molecule has 1 aromatic heterocycles. The Morgan fingerprint density at radius 2 is 2.57 bits per heavy atom. The highest BCUT2D eigenvalue weighted by Gasteiger charge is 2.16. The van der Waals surface area contributed by atoms with Crippen LogP contribution in [0, 0.1) is 0 Å². The third-order valence-electron chi connectivity index (χ3n) is 1.57. The zero-order chi connectivity index (χ0) is 10.6. The topological polar surface area (TPSA) is 90.4 Å². The third kappa shape index (κ3) is 2.74. The number of esters is 1. The lowest BCUT2D eigenvalue weighted by atomic mass is 10.3. The minimum Gasteiger partial charge on any atom is -0.464 e. The Balaban J connectivity index is 2.48. The highest BCUT2D eigenvalue weighted by Crippen LogP contribution is 2.00. The van der Waals surface area contributed by atoms with Gasteiger partial charge < -0.3 is 15.6 Å². The molecule has 14 heavy (non-hydrogen) atoms. The molecular formula is C8H13N3O3. The maximum absolute atomic E-state index is 11.0. The van der Waals surface area contributed by atoms with Crippen LogP contribution in [0.4, 0.5) is 5.69 Å². The lowest BCUT2D eigenvalue weighted by molar-refractivity contribution is -0.153. The predicted molar refractivity (Wildman–Crippen MR) is 49.3 cm³/mol. The maximum Gasteiger partial charge on any atom is 0.336 e. The van der Waals surface area contributed by atoms with E-state index >= 15 is 0 Å². The van der Waals surface area contributed by atoms with E-state index in [2.05, 4.69) is 9.84 Å². The number of aliphatic hydroxyl groups is 1. The predicted octanol–water partition coefficient (Wildman–Crippen LogP) is -0.611. The third-order valence-corrected chi connectivity index (χ3v) is 1.57. The van der Waals surface area contributed by atoms with E-state index in [1.54, 1.807) is 6.92 Å². The summed E-state index contributed by atoms with van der Waals surface area (Å²) in [7, 11) is 0. The second-order valence-electron chi connectivity index (χ2n) is 2.76. The Hall–Kier alpha value is -1.56. The minimum atomic E-state index is -1.20. The van der Waals surface area contributed by atoms with Crippen molar-refractivity contribution < 1.29 is 14.6 Å². The first-order valence-electron chi connectivity index (χ1n) is 4.26. The van der Waals surface area contributed by atoms with E-state index in [-0.39, 0.29) is 13.2 Å². The zero-order valence-electron chi connectivity index (χ0n) is 7.88. The second-order valence-corrected chi connectivity index (χ2v) is 2.76. The van der Waals surface area contributed by atoms with E-state index in [0.717, 1.165) is 0 Å². The zero-order valence-corrected chi connectivity index (χ0v) is 7.88. The molecule has 0 saturated carbocycles. The fraction of sp³-hybridized carbons (Fsp3) is 0.500. The quantitative estimate of drug-likeness (QED) is 0.631. The molecule has 0 amide bonds. The van der Waals surface area contributed by atoms with E-state index in [4.69, 9.17) is 5.73 Å². The van der Waals surface area contributed by atoms with Crippen LogP contribution in [0.15, 0.2) is 12.4 Å². The van der Waals surface area contributed by atoms with Crippen LogP contribution in [-0.2, 0) is 16.1 Å². The van der Waals surface area contributed by atoms with Crippen molar-refractivity contribution in [3.63, 3.8) is 0 Å². The van der Waals surface area contributed by atoms with Crippen LogP contribution in [-0.4, -0.2) is 33.6 Å². The molecule has 1 rings (SSSR count). The normalized spacial score (nSPS) is 12.4. The Labute approximate surface area is 81.3 Å². The summed E-state index contributed by atoms with van der Waals surface area (Å²) in [5, 5.41) is 13.2. The van der Waals surface area contributed by atoms with Gasteiger partial charge in [0.2, 0.25) is 0 Å². The Morgan fingerprint density at radius 3 is 3.07 bits per heavy atom. The summed E-state index contributed by atoms with van der Waals surface area (Å²) in [6.45, 7) is 1.98. The second kappa shape index (κ2) is 4.61. The van der Waals surface area contributed by atoms with Gasteiger partial charge in [-0.05, 0) is 6.92 Å². The molecule has 3 N–H and O–H groups in total. The van der Waals surface area contributed by atoms with Crippen molar-refractivity contribution in [3.8, 4) is 0 Å². The van der Waals surface area contributed by atoms with Gasteiger partial charge in [0.1, 0.15) is 0 Å². The maximum atomic E-state index is 11.0. The number of hydrogen-bond acceptors (Lipinski definition) is 5. The summed E-state index contributed by atoms with van der Waals surface area (Å²) < 4.78 is 6.01. The number of carbonyl (C=O) groups excluding carboxylic acids is 1. The van der Waals surface area contributed by atoms with Crippen molar-refractivity contribution in [2.45, 2.75) is 19.6 Å². The van der Waals surface area contributed by atoms with Gasteiger partial charge in [0.15, 0.2) is 6.10 Å². The number of aromatic nitrogens is 2. The van der Waals surface area contributed by atoms with Crippen LogP contribution in [0.3, 0.4) is 0 Å². The molecule has 0 aliphatic rings. The molecular weight excluding hydrogens is 186 g/mol. The molecule has 1 unspecified atom stereocenters. The summed E-state index contributed by atoms with van der Waals surface area (Å²) in [6, 6.07) is 0. The Morgan fingerprint density at radius 1 is 1.86 bits per heavy atom. The fourth-order valence-electron chi connectivity index (χ4n) is 0.970. The standard InChI is InChI=1S/C8H13N3O3/c1-2-14-8(13)7(12)5-11-4-6(9)3-10-11/h3-4,7,12H,2,5,9H2,1H3. The minimum absolute atomic E-state index is 0.0516. The van der Waals surface area contributed by atoms with E-state index < -0.39 is 12.1 Å².